The van der Waals surface area contributed by atoms with Crippen LogP contribution in [0.25, 0.3) is 11.1 Å². The summed E-state index contributed by atoms with van der Waals surface area (Å²) in [6, 6.07) is 15.6. The van der Waals surface area contributed by atoms with Gasteiger partial charge in [-0.15, -0.1) is 0 Å². The van der Waals surface area contributed by atoms with Crippen LogP contribution in [0.2, 0.25) is 0 Å². The first-order chi connectivity index (χ1) is 17.0. The van der Waals surface area contributed by atoms with Gasteiger partial charge in [0.2, 0.25) is 5.91 Å². The number of carboxylic acids is 1. The number of nitrogens with one attached hydrogen (secondary N) is 2. The summed E-state index contributed by atoms with van der Waals surface area (Å²) >= 11 is 0. The van der Waals surface area contributed by atoms with E-state index < -0.39 is 24.0 Å². The summed E-state index contributed by atoms with van der Waals surface area (Å²) in [5.74, 6) is -1.15. The maximum atomic E-state index is 12.9. The van der Waals surface area contributed by atoms with Gasteiger partial charge < -0.3 is 20.5 Å². The SMILES string of the molecule is O=C(N[C@@H](CC1CC1)C(=O)NC[C@H]1CCC[C@H]1C(=O)O)OCC1c2ccccc2-c2ccccc21. The lowest BCUT2D eigenvalue weighted by Gasteiger charge is -2.22. The molecule has 2 aromatic carbocycles. The zero-order valence-corrected chi connectivity index (χ0v) is 19.7. The fraction of sp³-hybridized carbons (Fsp3) is 0.464. The molecule has 7 heteroatoms. The van der Waals surface area contributed by atoms with Crippen molar-refractivity contribution in [2.45, 2.75) is 50.5 Å². The van der Waals surface area contributed by atoms with E-state index in [-0.39, 0.29) is 24.3 Å². The van der Waals surface area contributed by atoms with Crippen molar-refractivity contribution in [2.75, 3.05) is 13.2 Å². The molecule has 2 saturated carbocycles. The zero-order chi connectivity index (χ0) is 24.4. The average Bonchev–Trinajstić information content (AvgIpc) is 3.45. The second-order valence-corrected chi connectivity index (χ2v) is 10.1. The highest BCUT2D eigenvalue weighted by molar-refractivity contribution is 5.86. The average molecular weight is 477 g/mol. The highest BCUT2D eigenvalue weighted by Gasteiger charge is 2.35. The van der Waals surface area contributed by atoms with Crippen molar-refractivity contribution in [3.05, 3.63) is 59.7 Å². The molecule has 0 aromatic heterocycles. The van der Waals surface area contributed by atoms with Gasteiger partial charge in [-0.05, 0) is 53.4 Å². The first-order valence-corrected chi connectivity index (χ1v) is 12.6. The third-order valence-corrected chi connectivity index (χ3v) is 7.73. The first kappa shape index (κ1) is 23.4. The van der Waals surface area contributed by atoms with Crippen LogP contribution in [-0.4, -0.2) is 42.3 Å². The van der Waals surface area contributed by atoms with Gasteiger partial charge in [0.25, 0.3) is 0 Å². The van der Waals surface area contributed by atoms with Crippen LogP contribution in [0.1, 0.15) is 55.6 Å². The van der Waals surface area contributed by atoms with Crippen molar-refractivity contribution in [3.63, 3.8) is 0 Å². The molecule has 0 spiro atoms. The van der Waals surface area contributed by atoms with Crippen LogP contribution >= 0.6 is 0 Å². The first-order valence-electron chi connectivity index (χ1n) is 12.6. The maximum absolute atomic E-state index is 12.9. The van der Waals surface area contributed by atoms with Crippen LogP contribution in [-0.2, 0) is 14.3 Å². The van der Waals surface area contributed by atoms with Gasteiger partial charge in [0.05, 0.1) is 5.92 Å². The second-order valence-electron chi connectivity index (χ2n) is 10.1. The summed E-state index contributed by atoms with van der Waals surface area (Å²) in [5, 5.41) is 15.1. The molecular formula is C28H32N2O5. The number of alkyl carbamates (subject to hydrolysis) is 1. The normalized spacial score (nSPS) is 21.6. The predicted molar refractivity (Wildman–Crippen MR) is 131 cm³/mol. The summed E-state index contributed by atoms with van der Waals surface area (Å²) in [5.41, 5.74) is 4.60. The number of amides is 2. The number of rotatable bonds is 9. The Hall–Kier alpha value is -3.35. The molecule has 0 bridgehead atoms. The Kier molecular flexibility index (Phi) is 6.75. The van der Waals surface area contributed by atoms with Crippen molar-refractivity contribution < 1.29 is 24.2 Å². The van der Waals surface area contributed by atoms with Crippen LogP contribution in [0.4, 0.5) is 4.79 Å². The molecule has 0 unspecified atom stereocenters. The third-order valence-electron chi connectivity index (χ3n) is 7.73. The molecule has 7 nitrogen and oxygen atoms in total. The number of carboxylic acid groups (broad SMARTS) is 1. The van der Waals surface area contributed by atoms with Crippen molar-refractivity contribution in [1.82, 2.24) is 10.6 Å². The summed E-state index contributed by atoms with van der Waals surface area (Å²) in [4.78, 5) is 37.1. The van der Waals surface area contributed by atoms with Crippen molar-refractivity contribution in [1.29, 1.82) is 0 Å². The molecule has 0 heterocycles. The minimum absolute atomic E-state index is 0.0424. The van der Waals surface area contributed by atoms with Gasteiger partial charge in [0, 0.05) is 12.5 Å². The van der Waals surface area contributed by atoms with Gasteiger partial charge in [0.1, 0.15) is 12.6 Å². The zero-order valence-electron chi connectivity index (χ0n) is 19.7. The fourth-order valence-corrected chi connectivity index (χ4v) is 5.66. The van der Waals surface area contributed by atoms with E-state index in [0.29, 0.717) is 25.3 Å². The smallest absolute Gasteiger partial charge is 0.407 e. The van der Waals surface area contributed by atoms with E-state index >= 15 is 0 Å². The molecule has 3 aliphatic rings. The minimum Gasteiger partial charge on any atom is -0.481 e. The van der Waals surface area contributed by atoms with Gasteiger partial charge in [-0.25, -0.2) is 4.79 Å². The van der Waals surface area contributed by atoms with Gasteiger partial charge in [0.15, 0.2) is 0 Å². The Morgan fingerprint density at radius 2 is 1.60 bits per heavy atom. The summed E-state index contributed by atoms with van der Waals surface area (Å²) < 4.78 is 5.64. The maximum Gasteiger partial charge on any atom is 0.407 e. The van der Waals surface area contributed by atoms with Gasteiger partial charge >= 0.3 is 12.1 Å². The molecule has 35 heavy (non-hydrogen) atoms. The number of benzene rings is 2. The lowest BCUT2D eigenvalue weighted by atomic mass is 9.96. The molecule has 5 rings (SSSR count). The van der Waals surface area contributed by atoms with Crippen LogP contribution in [0.15, 0.2) is 48.5 Å². The summed E-state index contributed by atoms with van der Waals surface area (Å²) in [7, 11) is 0. The highest BCUT2D eigenvalue weighted by atomic mass is 16.5. The van der Waals surface area contributed by atoms with Crippen LogP contribution < -0.4 is 10.6 Å². The molecular weight excluding hydrogens is 444 g/mol. The molecule has 2 aromatic rings. The number of aliphatic carboxylic acids is 1. The van der Waals surface area contributed by atoms with Gasteiger partial charge in [-0.2, -0.15) is 0 Å². The molecule has 3 atom stereocenters. The molecule has 0 saturated heterocycles. The van der Waals surface area contributed by atoms with Gasteiger partial charge in [-0.3, -0.25) is 9.59 Å². The van der Waals surface area contributed by atoms with Crippen molar-refractivity contribution in [2.24, 2.45) is 17.8 Å². The molecule has 3 N–H and O–H groups in total. The quantitative estimate of drug-likeness (QED) is 0.500. The molecule has 184 valence electrons. The number of ether oxygens (including phenoxy) is 1. The fourth-order valence-electron chi connectivity index (χ4n) is 5.66. The van der Waals surface area contributed by atoms with E-state index in [1.54, 1.807) is 0 Å². The van der Waals surface area contributed by atoms with E-state index in [1.165, 1.54) is 0 Å². The third kappa shape index (κ3) is 5.19. The summed E-state index contributed by atoms with van der Waals surface area (Å²) in [6.45, 7) is 0.517. The van der Waals surface area contributed by atoms with Crippen molar-refractivity contribution in [3.8, 4) is 11.1 Å². The van der Waals surface area contributed by atoms with Crippen LogP contribution in [0.5, 0.6) is 0 Å². The Bertz CT molecular complexity index is 1070. The van der Waals surface area contributed by atoms with E-state index in [9.17, 15) is 19.5 Å². The molecule has 2 amide bonds. The lowest BCUT2D eigenvalue weighted by molar-refractivity contribution is -0.143. The molecule has 3 aliphatic carbocycles. The number of fused-ring (bicyclic) bond motifs is 3. The number of hydrogen-bond acceptors (Lipinski definition) is 4. The molecule has 0 aliphatic heterocycles. The summed E-state index contributed by atoms with van der Waals surface area (Å²) in [6.07, 6.45) is 4.39. The Balaban J connectivity index is 1.19. The van der Waals surface area contributed by atoms with Crippen LogP contribution in [0.3, 0.4) is 0 Å². The number of carbonyl (C=O) groups excluding carboxylic acids is 2. The van der Waals surface area contributed by atoms with E-state index in [1.807, 2.05) is 24.3 Å². The Labute approximate surface area is 205 Å². The highest BCUT2D eigenvalue weighted by Crippen LogP contribution is 2.44. The number of hydrogen-bond donors (Lipinski definition) is 3. The molecule has 2 fully saturated rings. The minimum atomic E-state index is -0.798. The van der Waals surface area contributed by atoms with E-state index in [2.05, 4.69) is 34.9 Å². The van der Waals surface area contributed by atoms with E-state index in [4.69, 9.17) is 4.74 Å². The second kappa shape index (κ2) is 10.1. The largest absolute Gasteiger partial charge is 0.481 e. The lowest BCUT2D eigenvalue weighted by Crippen LogP contribution is -2.48. The van der Waals surface area contributed by atoms with Gasteiger partial charge in [-0.1, -0.05) is 67.8 Å². The topological polar surface area (TPSA) is 105 Å². The van der Waals surface area contributed by atoms with Crippen molar-refractivity contribution >= 4 is 18.0 Å². The van der Waals surface area contributed by atoms with E-state index in [0.717, 1.165) is 47.9 Å². The monoisotopic (exact) mass is 476 g/mol. The molecule has 0 radical (unpaired) electrons. The predicted octanol–water partition coefficient (Wildman–Crippen LogP) is 4.31. The standard InChI is InChI=1S/C28H32N2O5/c31-26(29-15-18-6-5-11-19(18)27(32)33)25(14-17-12-13-17)30-28(34)35-16-24-22-9-3-1-7-20(22)21-8-2-4-10-23(21)24/h1-4,7-10,17-19,24-25H,5-6,11-16H2,(H,29,31)(H,30,34)(H,32,33)/t18-,19-,25+/m1/s1. The Morgan fingerprint density at radius 3 is 2.23 bits per heavy atom. The van der Waals surface area contributed by atoms with Crippen LogP contribution in [0, 0.1) is 17.8 Å². The Morgan fingerprint density at radius 1 is 0.943 bits per heavy atom. The number of carbonyl (C=O) groups is 3.